The number of para-hydroxylation sites is 2. The Hall–Kier alpha value is -2.34. The van der Waals surface area contributed by atoms with Gasteiger partial charge in [-0.25, -0.2) is 0 Å². The highest BCUT2D eigenvalue weighted by Crippen LogP contribution is 2.44. The highest BCUT2D eigenvalue weighted by Gasteiger charge is 2.32. The molecular weight excluding hydrogens is 382 g/mol. The van der Waals surface area contributed by atoms with Crippen LogP contribution in [0.3, 0.4) is 0 Å². The highest BCUT2D eigenvalue weighted by atomic mass is 35.5. The summed E-state index contributed by atoms with van der Waals surface area (Å²) >= 11 is 7.47. The Morgan fingerprint density at radius 3 is 2.30 bits per heavy atom. The van der Waals surface area contributed by atoms with Crippen LogP contribution in [0.2, 0.25) is 4.34 Å². The van der Waals surface area contributed by atoms with Crippen molar-refractivity contribution < 1.29 is 14.3 Å². The second kappa shape index (κ2) is 7.72. The monoisotopic (exact) mass is 399 g/mol. The minimum Gasteiger partial charge on any atom is -0.457 e. The number of amides is 1. The number of benzene rings is 2. The van der Waals surface area contributed by atoms with Gasteiger partial charge < -0.3 is 14.8 Å². The molecule has 4 nitrogen and oxygen atoms in total. The number of carbonyl (C=O) groups is 1. The number of fused-ring (bicyclic) bond motifs is 2. The summed E-state index contributed by atoms with van der Waals surface area (Å²) in [4.78, 5) is 14.1. The minimum absolute atomic E-state index is 0.0806. The largest absolute Gasteiger partial charge is 0.457 e. The molecule has 138 valence electrons. The van der Waals surface area contributed by atoms with Crippen molar-refractivity contribution in [1.29, 1.82) is 0 Å². The van der Waals surface area contributed by atoms with E-state index in [-0.39, 0.29) is 12.0 Å². The van der Waals surface area contributed by atoms with Gasteiger partial charge in [0.1, 0.15) is 17.6 Å². The second-order valence-corrected chi connectivity index (χ2v) is 7.97. The van der Waals surface area contributed by atoms with Crippen LogP contribution in [0.15, 0.2) is 60.7 Å². The van der Waals surface area contributed by atoms with E-state index in [0.29, 0.717) is 22.4 Å². The maximum atomic E-state index is 13.1. The van der Waals surface area contributed by atoms with Gasteiger partial charge in [-0.1, -0.05) is 48.0 Å². The molecular formula is C21H18ClNO3S. The first-order valence-corrected chi connectivity index (χ1v) is 9.78. The topological polar surface area (TPSA) is 47.6 Å². The SMILES string of the molecule is CO[C@@H](CNC(=O)C1c2ccccc2Oc2ccccc21)c1ccc(Cl)s1. The van der Waals surface area contributed by atoms with E-state index < -0.39 is 5.92 Å². The Balaban J connectivity index is 1.58. The van der Waals surface area contributed by atoms with E-state index in [1.54, 1.807) is 7.11 Å². The van der Waals surface area contributed by atoms with Gasteiger partial charge in [-0.2, -0.15) is 0 Å². The molecule has 0 unspecified atom stereocenters. The van der Waals surface area contributed by atoms with Crippen LogP contribution in [0, 0.1) is 0 Å². The summed E-state index contributed by atoms with van der Waals surface area (Å²) in [6, 6.07) is 19.0. The lowest BCUT2D eigenvalue weighted by Crippen LogP contribution is -2.34. The zero-order chi connectivity index (χ0) is 18.8. The molecule has 27 heavy (non-hydrogen) atoms. The average molecular weight is 400 g/mol. The molecule has 1 amide bonds. The quantitative estimate of drug-likeness (QED) is 0.646. The summed E-state index contributed by atoms with van der Waals surface area (Å²) in [5, 5.41) is 3.04. The number of methoxy groups -OCH3 is 1. The number of hydrogen-bond donors (Lipinski definition) is 1. The maximum absolute atomic E-state index is 13.1. The summed E-state index contributed by atoms with van der Waals surface area (Å²) < 4.78 is 12.2. The summed E-state index contributed by atoms with van der Waals surface area (Å²) in [7, 11) is 1.63. The normalized spacial score (nSPS) is 14.0. The van der Waals surface area contributed by atoms with Crippen LogP contribution in [-0.4, -0.2) is 19.6 Å². The van der Waals surface area contributed by atoms with Gasteiger partial charge in [-0.05, 0) is 24.3 Å². The van der Waals surface area contributed by atoms with E-state index in [4.69, 9.17) is 21.1 Å². The first-order valence-electron chi connectivity index (χ1n) is 8.59. The number of carbonyl (C=O) groups excluding carboxylic acids is 1. The smallest absolute Gasteiger partial charge is 0.232 e. The van der Waals surface area contributed by atoms with Crippen LogP contribution >= 0.6 is 22.9 Å². The lowest BCUT2D eigenvalue weighted by molar-refractivity contribution is -0.122. The van der Waals surface area contributed by atoms with Crippen molar-refractivity contribution >= 4 is 28.8 Å². The fourth-order valence-corrected chi connectivity index (χ4v) is 4.43. The second-order valence-electron chi connectivity index (χ2n) is 6.22. The van der Waals surface area contributed by atoms with E-state index in [1.807, 2.05) is 60.7 Å². The van der Waals surface area contributed by atoms with E-state index in [2.05, 4.69) is 5.32 Å². The zero-order valence-electron chi connectivity index (χ0n) is 14.6. The van der Waals surface area contributed by atoms with Gasteiger partial charge in [0.15, 0.2) is 0 Å². The zero-order valence-corrected chi connectivity index (χ0v) is 16.2. The Morgan fingerprint density at radius 1 is 1.11 bits per heavy atom. The molecule has 0 saturated carbocycles. The molecule has 1 aliphatic rings. The van der Waals surface area contributed by atoms with Crippen molar-refractivity contribution in [3.63, 3.8) is 0 Å². The molecule has 1 aliphatic heterocycles. The van der Waals surface area contributed by atoms with Gasteiger partial charge in [0.25, 0.3) is 0 Å². The lowest BCUT2D eigenvalue weighted by Gasteiger charge is -2.28. The molecule has 0 fully saturated rings. The third-order valence-electron chi connectivity index (χ3n) is 4.60. The van der Waals surface area contributed by atoms with Gasteiger partial charge in [0.2, 0.25) is 5.91 Å². The Labute approximate surface area is 166 Å². The van der Waals surface area contributed by atoms with Crippen LogP contribution in [-0.2, 0) is 9.53 Å². The average Bonchev–Trinajstić information content (AvgIpc) is 3.12. The van der Waals surface area contributed by atoms with Crippen LogP contribution in [0.4, 0.5) is 0 Å². The summed E-state index contributed by atoms with van der Waals surface area (Å²) in [6.07, 6.45) is -0.239. The molecule has 1 atom stereocenters. The molecule has 6 heteroatoms. The van der Waals surface area contributed by atoms with Crippen molar-refractivity contribution in [1.82, 2.24) is 5.32 Å². The first-order chi connectivity index (χ1) is 13.2. The fourth-order valence-electron chi connectivity index (χ4n) is 3.29. The third kappa shape index (κ3) is 3.58. The van der Waals surface area contributed by atoms with Crippen LogP contribution in [0.25, 0.3) is 0 Å². The first kappa shape index (κ1) is 18.0. The third-order valence-corrected chi connectivity index (χ3v) is 5.92. The van der Waals surface area contributed by atoms with Crippen molar-refractivity contribution in [2.45, 2.75) is 12.0 Å². The Bertz CT molecular complexity index is 926. The van der Waals surface area contributed by atoms with E-state index in [1.165, 1.54) is 11.3 Å². The molecule has 1 aromatic heterocycles. The molecule has 1 N–H and O–H groups in total. The van der Waals surface area contributed by atoms with Gasteiger partial charge in [-0.3, -0.25) is 4.79 Å². The van der Waals surface area contributed by atoms with E-state index >= 15 is 0 Å². The molecule has 3 aromatic rings. The molecule has 0 saturated heterocycles. The van der Waals surface area contributed by atoms with Gasteiger partial charge in [-0.15, -0.1) is 11.3 Å². The van der Waals surface area contributed by atoms with Crippen molar-refractivity contribution in [2.24, 2.45) is 0 Å². The summed E-state index contributed by atoms with van der Waals surface area (Å²) in [5.41, 5.74) is 1.73. The van der Waals surface area contributed by atoms with Gasteiger partial charge >= 0.3 is 0 Å². The number of ether oxygens (including phenoxy) is 2. The Morgan fingerprint density at radius 2 is 1.74 bits per heavy atom. The number of nitrogens with one attached hydrogen (secondary N) is 1. The van der Waals surface area contributed by atoms with Gasteiger partial charge in [0.05, 0.1) is 10.3 Å². The highest BCUT2D eigenvalue weighted by molar-refractivity contribution is 7.16. The molecule has 0 aliphatic carbocycles. The summed E-state index contributed by atoms with van der Waals surface area (Å²) in [6.45, 7) is 0.369. The molecule has 0 radical (unpaired) electrons. The van der Waals surface area contributed by atoms with Crippen molar-refractivity contribution in [2.75, 3.05) is 13.7 Å². The minimum atomic E-state index is -0.421. The Kier molecular flexibility index (Phi) is 5.16. The standard InChI is InChI=1S/C21H18ClNO3S/c1-25-17(18-10-11-19(22)27-18)12-23-21(24)20-13-6-2-4-8-15(13)26-16-9-5-3-7-14(16)20/h2-11,17,20H,12H2,1H3,(H,23,24)/t17-/m0/s1. The lowest BCUT2D eigenvalue weighted by atomic mass is 9.87. The molecule has 2 heterocycles. The number of rotatable bonds is 5. The van der Waals surface area contributed by atoms with Gasteiger partial charge in [0, 0.05) is 29.7 Å². The van der Waals surface area contributed by atoms with E-state index in [0.717, 1.165) is 16.0 Å². The van der Waals surface area contributed by atoms with E-state index in [9.17, 15) is 4.79 Å². The van der Waals surface area contributed by atoms with Crippen molar-refractivity contribution in [3.8, 4) is 11.5 Å². The maximum Gasteiger partial charge on any atom is 0.232 e. The summed E-state index contributed by atoms with van der Waals surface area (Å²) in [5.74, 6) is 0.924. The van der Waals surface area contributed by atoms with Crippen LogP contribution in [0.5, 0.6) is 11.5 Å². The predicted octanol–water partition coefficient (Wildman–Crippen LogP) is 5.14. The molecule has 2 aromatic carbocycles. The molecule has 0 spiro atoms. The predicted molar refractivity (Wildman–Crippen MR) is 107 cm³/mol. The molecule has 4 rings (SSSR count). The number of thiophene rings is 1. The number of halogens is 1. The fraction of sp³-hybridized carbons (Fsp3) is 0.190. The molecule has 0 bridgehead atoms. The van der Waals surface area contributed by atoms with Crippen LogP contribution < -0.4 is 10.1 Å². The van der Waals surface area contributed by atoms with Crippen LogP contribution in [0.1, 0.15) is 28.0 Å². The number of hydrogen-bond acceptors (Lipinski definition) is 4. The van der Waals surface area contributed by atoms with Crippen molar-refractivity contribution in [3.05, 3.63) is 81.0 Å².